The second kappa shape index (κ2) is 9.04. The van der Waals surface area contributed by atoms with Gasteiger partial charge in [0.05, 0.1) is 0 Å². The molecule has 0 radical (unpaired) electrons. The van der Waals surface area contributed by atoms with Crippen molar-refractivity contribution in [2.45, 2.75) is 63.1 Å². The fourth-order valence-corrected chi connectivity index (χ4v) is 6.03. The maximum atomic E-state index is 11.2. The lowest BCUT2D eigenvalue weighted by atomic mass is 9.52. The van der Waals surface area contributed by atoms with Crippen LogP contribution in [0, 0.1) is 17.8 Å². The Bertz CT molecular complexity index is 1160. The number of pyridine rings is 1. The first kappa shape index (κ1) is 21.7. The fraction of sp³-hybridized carbons (Fsp3) is 0.367. The molecule has 2 aliphatic rings. The quantitative estimate of drug-likeness (QED) is 0.525. The number of aromatic nitrogens is 1. The third-order valence-electron chi connectivity index (χ3n) is 7.60. The minimum absolute atomic E-state index is 0.0280. The molecule has 1 heterocycles. The van der Waals surface area contributed by atoms with Crippen LogP contribution in [0.15, 0.2) is 73.1 Å². The summed E-state index contributed by atoms with van der Waals surface area (Å²) in [5.74, 6) is 7.42. The van der Waals surface area contributed by atoms with Crippen molar-refractivity contribution in [1.82, 2.24) is 4.98 Å². The van der Waals surface area contributed by atoms with Crippen LogP contribution in [0.4, 0.5) is 0 Å². The topological polar surface area (TPSA) is 42.4 Å². The molecule has 0 spiro atoms. The Morgan fingerprint density at radius 2 is 1.85 bits per heavy atom. The Balaban J connectivity index is 1.47. The summed E-state index contributed by atoms with van der Waals surface area (Å²) in [6, 6.07) is 21.4. The molecule has 1 saturated carbocycles. The number of aryl methyl sites for hydroxylation is 1. The van der Waals surface area contributed by atoms with E-state index in [0.717, 1.165) is 49.8 Å². The van der Waals surface area contributed by atoms with Crippen LogP contribution in [0.2, 0.25) is 0 Å². The summed E-state index contributed by atoms with van der Waals surface area (Å²) in [6.07, 6.45) is 9.09. The molecule has 1 aromatic heterocycles. The van der Waals surface area contributed by atoms with E-state index >= 15 is 0 Å². The molecule has 5 rings (SSSR count). The molecule has 3 aromatic rings. The number of ether oxygens (including phenoxy) is 1. The van der Waals surface area contributed by atoms with Gasteiger partial charge < -0.3 is 9.84 Å². The van der Waals surface area contributed by atoms with Gasteiger partial charge in [0.25, 0.3) is 0 Å². The number of hydrogen-bond donors (Lipinski definition) is 1. The Hall–Kier alpha value is -3.09. The first-order valence-corrected chi connectivity index (χ1v) is 12.0. The van der Waals surface area contributed by atoms with Crippen molar-refractivity contribution in [1.29, 1.82) is 0 Å². The first-order chi connectivity index (χ1) is 16.1. The average molecular weight is 438 g/mol. The average Bonchev–Trinajstić information content (AvgIpc) is 2.84. The molecule has 0 bridgehead atoms. The fourth-order valence-electron chi connectivity index (χ4n) is 6.03. The summed E-state index contributed by atoms with van der Waals surface area (Å²) in [5.41, 5.74) is 4.48. The summed E-state index contributed by atoms with van der Waals surface area (Å²) in [6.45, 7) is 2.37. The van der Waals surface area contributed by atoms with Gasteiger partial charge >= 0.3 is 0 Å². The van der Waals surface area contributed by atoms with Crippen LogP contribution in [0.3, 0.4) is 0 Å². The van der Waals surface area contributed by atoms with Crippen molar-refractivity contribution < 1.29 is 9.84 Å². The van der Waals surface area contributed by atoms with Crippen molar-refractivity contribution in [3.8, 4) is 17.6 Å². The van der Waals surface area contributed by atoms with E-state index in [9.17, 15) is 5.11 Å². The van der Waals surface area contributed by atoms with Crippen LogP contribution in [0.5, 0.6) is 5.75 Å². The molecular weight excluding hydrogens is 406 g/mol. The lowest BCUT2D eigenvalue weighted by molar-refractivity contribution is -0.00805. The summed E-state index contributed by atoms with van der Waals surface area (Å²) < 4.78 is 6.12. The molecule has 3 atom stereocenters. The van der Waals surface area contributed by atoms with Crippen molar-refractivity contribution in [2.75, 3.05) is 0 Å². The van der Waals surface area contributed by atoms with E-state index in [-0.39, 0.29) is 5.41 Å². The van der Waals surface area contributed by atoms with Gasteiger partial charge in [0.1, 0.15) is 18.0 Å². The Morgan fingerprint density at radius 1 is 1.03 bits per heavy atom. The molecule has 3 nitrogen and oxygen atoms in total. The Morgan fingerprint density at radius 3 is 2.64 bits per heavy atom. The second-order valence-electron chi connectivity index (χ2n) is 9.63. The van der Waals surface area contributed by atoms with E-state index in [4.69, 9.17) is 4.74 Å². The summed E-state index contributed by atoms with van der Waals surface area (Å²) in [4.78, 5) is 4.08. The number of hydrogen-bond acceptors (Lipinski definition) is 3. The number of nitrogens with zero attached hydrogens (tertiary/aromatic N) is 1. The van der Waals surface area contributed by atoms with Gasteiger partial charge in [-0.2, -0.15) is 0 Å². The highest BCUT2D eigenvalue weighted by atomic mass is 16.5. The van der Waals surface area contributed by atoms with Crippen LogP contribution in [0.25, 0.3) is 0 Å². The van der Waals surface area contributed by atoms with Gasteiger partial charge in [-0.1, -0.05) is 42.3 Å². The molecule has 1 fully saturated rings. The molecule has 0 amide bonds. The smallest absolute Gasteiger partial charge is 0.125 e. The van der Waals surface area contributed by atoms with Crippen LogP contribution < -0.4 is 4.74 Å². The number of aliphatic hydroxyl groups is 1. The van der Waals surface area contributed by atoms with E-state index in [1.165, 1.54) is 16.7 Å². The third kappa shape index (κ3) is 4.41. The summed E-state index contributed by atoms with van der Waals surface area (Å²) in [7, 11) is 0. The van der Waals surface area contributed by atoms with Gasteiger partial charge in [-0.3, -0.25) is 4.98 Å². The van der Waals surface area contributed by atoms with Crippen LogP contribution in [-0.4, -0.2) is 15.7 Å². The third-order valence-corrected chi connectivity index (χ3v) is 7.60. The zero-order chi connectivity index (χ0) is 22.7. The van der Waals surface area contributed by atoms with Gasteiger partial charge in [-0.05, 0) is 97.9 Å². The highest BCUT2D eigenvalue weighted by Crippen LogP contribution is 2.54. The minimum Gasteiger partial charge on any atom is -0.489 e. The van der Waals surface area contributed by atoms with Crippen LogP contribution >= 0.6 is 0 Å². The number of rotatable bonds is 5. The molecule has 33 heavy (non-hydrogen) atoms. The maximum absolute atomic E-state index is 11.2. The van der Waals surface area contributed by atoms with Gasteiger partial charge in [-0.15, -0.1) is 5.92 Å². The number of benzene rings is 2. The van der Waals surface area contributed by atoms with Gasteiger partial charge in [0, 0.05) is 17.8 Å². The molecule has 1 N–H and O–H groups in total. The zero-order valence-corrected chi connectivity index (χ0v) is 19.3. The lowest BCUT2D eigenvalue weighted by Crippen LogP contribution is -2.50. The summed E-state index contributed by atoms with van der Waals surface area (Å²) in [5, 5.41) is 11.2. The number of fused-ring (bicyclic) bond motifs is 3. The Kier molecular flexibility index (Phi) is 5.96. The van der Waals surface area contributed by atoms with E-state index < -0.39 is 5.60 Å². The normalized spacial score (nSPS) is 25.8. The molecule has 168 valence electrons. The van der Waals surface area contributed by atoms with Crippen molar-refractivity contribution >= 4 is 0 Å². The maximum Gasteiger partial charge on any atom is 0.125 e. The summed E-state index contributed by atoms with van der Waals surface area (Å²) >= 11 is 0. The second-order valence-corrected chi connectivity index (χ2v) is 9.63. The highest BCUT2D eigenvalue weighted by molar-refractivity contribution is 5.45. The van der Waals surface area contributed by atoms with E-state index in [1.54, 1.807) is 12.4 Å². The van der Waals surface area contributed by atoms with Crippen molar-refractivity contribution in [3.63, 3.8) is 0 Å². The van der Waals surface area contributed by atoms with E-state index in [1.807, 2.05) is 19.1 Å². The monoisotopic (exact) mass is 437 g/mol. The van der Waals surface area contributed by atoms with Crippen molar-refractivity contribution in [2.24, 2.45) is 5.92 Å². The van der Waals surface area contributed by atoms with E-state index in [0.29, 0.717) is 12.5 Å². The van der Waals surface area contributed by atoms with Crippen LogP contribution in [0.1, 0.15) is 54.9 Å². The molecule has 3 heteroatoms. The van der Waals surface area contributed by atoms with Gasteiger partial charge in [0.2, 0.25) is 0 Å². The molecule has 0 saturated heterocycles. The predicted octanol–water partition coefficient (Wildman–Crippen LogP) is 5.64. The molecule has 0 aliphatic heterocycles. The zero-order valence-electron chi connectivity index (χ0n) is 19.3. The largest absolute Gasteiger partial charge is 0.489 e. The Labute approximate surface area is 196 Å². The van der Waals surface area contributed by atoms with E-state index in [2.05, 4.69) is 65.4 Å². The van der Waals surface area contributed by atoms with Crippen LogP contribution in [-0.2, 0) is 24.9 Å². The van der Waals surface area contributed by atoms with Gasteiger partial charge in [0.15, 0.2) is 0 Å². The SMILES string of the molecule is CC#CC1(O)CCC2(Cc3ccccc3)c3ccc(OCc4ccncc4)cc3CCC2C1. The standard InChI is InChI=1S/C30H31NO2/c1-2-14-29(32)15-16-30(20-23-6-4-3-5-7-23)26(21-29)9-8-25-19-27(10-11-28(25)30)33-22-24-12-17-31-18-13-24/h3-7,10-13,17-19,26,32H,8-9,15-16,20-22H2,1H3. The highest BCUT2D eigenvalue weighted by Gasteiger charge is 2.51. The molecular formula is C30H31NO2. The van der Waals surface area contributed by atoms with Gasteiger partial charge in [-0.25, -0.2) is 0 Å². The minimum atomic E-state index is -0.856. The molecule has 2 aliphatic carbocycles. The van der Waals surface area contributed by atoms with Crippen molar-refractivity contribution in [3.05, 3.63) is 95.3 Å². The lowest BCUT2D eigenvalue weighted by Gasteiger charge is -2.52. The molecule has 2 aromatic carbocycles. The molecule has 3 unspecified atom stereocenters. The first-order valence-electron chi connectivity index (χ1n) is 12.0. The predicted molar refractivity (Wildman–Crippen MR) is 131 cm³/mol.